The van der Waals surface area contributed by atoms with E-state index in [2.05, 4.69) is 10.1 Å². The smallest absolute Gasteiger partial charge is 0.358 e. The molecule has 0 bridgehead atoms. The fourth-order valence-electron chi connectivity index (χ4n) is 2.47. The van der Waals surface area contributed by atoms with Crippen LogP contribution in [-0.2, 0) is 14.6 Å². The van der Waals surface area contributed by atoms with Gasteiger partial charge in [0.05, 0.1) is 11.5 Å². The Kier molecular flexibility index (Phi) is 5.04. The Balaban J connectivity index is 2.25. The molecular formula is C18H16FN3O4S. The molecule has 0 amide bonds. The number of hydrogen-bond donors (Lipinski definition) is 0. The first-order valence-electron chi connectivity index (χ1n) is 8.04. The number of rotatable bonds is 5. The number of aryl methyl sites for hydroxylation is 1. The second kappa shape index (κ2) is 7.28. The van der Waals surface area contributed by atoms with E-state index in [9.17, 15) is 17.6 Å². The summed E-state index contributed by atoms with van der Waals surface area (Å²) in [6, 6.07) is 10.1. The number of nitrogens with zero attached hydrogens (tertiary/aromatic N) is 3. The van der Waals surface area contributed by atoms with E-state index in [1.54, 1.807) is 26.0 Å². The summed E-state index contributed by atoms with van der Waals surface area (Å²) < 4.78 is 46.2. The van der Waals surface area contributed by atoms with Crippen molar-refractivity contribution in [3.05, 3.63) is 65.9 Å². The average Bonchev–Trinajstić information content (AvgIpc) is 3.08. The Labute approximate surface area is 155 Å². The predicted molar refractivity (Wildman–Crippen MR) is 93.9 cm³/mol. The number of halogens is 1. The van der Waals surface area contributed by atoms with Gasteiger partial charge in [-0.25, -0.2) is 22.9 Å². The lowest BCUT2D eigenvalue weighted by molar-refractivity contribution is 0.0519. The maximum absolute atomic E-state index is 14.2. The highest BCUT2D eigenvalue weighted by Gasteiger charge is 2.28. The molecule has 3 aromatic rings. The third kappa shape index (κ3) is 3.59. The molecule has 0 fully saturated rings. The molecule has 3 rings (SSSR count). The Morgan fingerprint density at radius 3 is 2.67 bits per heavy atom. The van der Waals surface area contributed by atoms with Crippen LogP contribution in [0.1, 0.15) is 23.0 Å². The summed E-state index contributed by atoms with van der Waals surface area (Å²) >= 11 is 0. The van der Waals surface area contributed by atoms with Crippen molar-refractivity contribution in [1.29, 1.82) is 0 Å². The highest BCUT2D eigenvalue weighted by molar-refractivity contribution is 7.91. The lowest BCUT2D eigenvalue weighted by Gasteiger charge is -2.09. The van der Waals surface area contributed by atoms with Crippen LogP contribution in [0, 0.1) is 12.9 Å². The molecule has 0 N–H and O–H groups in total. The monoisotopic (exact) mass is 389 g/mol. The number of hydrogen-bond acceptors (Lipinski definition) is 6. The van der Waals surface area contributed by atoms with Gasteiger partial charge in [-0.2, -0.15) is 9.49 Å². The van der Waals surface area contributed by atoms with Gasteiger partial charge in [-0.05, 0) is 43.7 Å². The van der Waals surface area contributed by atoms with E-state index in [1.807, 2.05) is 0 Å². The summed E-state index contributed by atoms with van der Waals surface area (Å²) in [6.45, 7) is 3.45. The van der Waals surface area contributed by atoms with Crippen LogP contribution in [0.3, 0.4) is 0 Å². The molecule has 2 heterocycles. The van der Waals surface area contributed by atoms with Gasteiger partial charge in [0, 0.05) is 12.3 Å². The van der Waals surface area contributed by atoms with E-state index in [1.165, 1.54) is 30.5 Å². The molecule has 7 nitrogen and oxygen atoms in total. The number of esters is 1. The van der Waals surface area contributed by atoms with Crippen molar-refractivity contribution in [2.24, 2.45) is 0 Å². The molecule has 0 radical (unpaired) electrons. The second-order valence-electron chi connectivity index (χ2n) is 5.63. The van der Waals surface area contributed by atoms with Gasteiger partial charge in [-0.3, -0.25) is 0 Å². The molecule has 9 heteroatoms. The zero-order valence-electron chi connectivity index (χ0n) is 14.6. The van der Waals surface area contributed by atoms with Crippen LogP contribution in [0.25, 0.3) is 5.69 Å². The minimum Gasteiger partial charge on any atom is -0.461 e. The molecule has 0 saturated heterocycles. The number of pyridine rings is 1. The number of ether oxygens (including phenoxy) is 1. The van der Waals surface area contributed by atoms with Gasteiger partial charge in [-0.1, -0.05) is 12.1 Å². The molecule has 0 aliphatic heterocycles. The van der Waals surface area contributed by atoms with Gasteiger partial charge in [0.1, 0.15) is 5.69 Å². The van der Waals surface area contributed by atoms with Crippen LogP contribution >= 0.6 is 0 Å². The lowest BCUT2D eigenvalue weighted by atomic mass is 10.2. The molecule has 27 heavy (non-hydrogen) atoms. The number of aromatic nitrogens is 3. The number of sulfone groups is 1. The molecule has 0 aliphatic carbocycles. The third-order valence-corrected chi connectivity index (χ3v) is 5.42. The van der Waals surface area contributed by atoms with Crippen LogP contribution < -0.4 is 0 Å². The van der Waals surface area contributed by atoms with Crippen LogP contribution in [-0.4, -0.2) is 35.8 Å². The van der Waals surface area contributed by atoms with Crippen molar-refractivity contribution in [2.45, 2.75) is 23.8 Å². The van der Waals surface area contributed by atoms with Crippen molar-refractivity contribution < 1.29 is 22.3 Å². The average molecular weight is 389 g/mol. The van der Waals surface area contributed by atoms with Gasteiger partial charge in [0.25, 0.3) is 0 Å². The first kappa shape index (κ1) is 18.7. The summed E-state index contributed by atoms with van der Waals surface area (Å²) in [6.07, 6.45) is 1.23. The fraction of sp³-hybridized carbons (Fsp3) is 0.167. The van der Waals surface area contributed by atoms with Crippen LogP contribution in [0.2, 0.25) is 0 Å². The van der Waals surface area contributed by atoms with Crippen LogP contribution in [0.15, 0.2) is 58.6 Å². The van der Waals surface area contributed by atoms with Crippen molar-refractivity contribution in [2.75, 3.05) is 6.61 Å². The maximum atomic E-state index is 14.2. The lowest BCUT2D eigenvalue weighted by Crippen LogP contribution is -2.12. The standard InChI is InChI=1S/C18H16FN3O4S/c1-3-26-18(23)14-11-16(22(21-14)15-8-5-9-20-17(15)19)27(24,25)13-7-4-6-12(2)10-13/h4-11H,3H2,1-2H3. The Morgan fingerprint density at radius 1 is 1.22 bits per heavy atom. The summed E-state index contributed by atoms with van der Waals surface area (Å²) in [5.74, 6) is -1.72. The fourth-order valence-corrected chi connectivity index (χ4v) is 3.95. The first-order chi connectivity index (χ1) is 12.8. The Hall–Kier alpha value is -3.07. The van der Waals surface area contributed by atoms with E-state index in [-0.39, 0.29) is 27.9 Å². The van der Waals surface area contributed by atoms with Gasteiger partial charge >= 0.3 is 5.97 Å². The van der Waals surface area contributed by atoms with E-state index < -0.39 is 21.8 Å². The van der Waals surface area contributed by atoms with Crippen molar-refractivity contribution >= 4 is 15.8 Å². The largest absolute Gasteiger partial charge is 0.461 e. The quantitative estimate of drug-likeness (QED) is 0.492. The molecular weight excluding hydrogens is 373 g/mol. The second-order valence-corrected chi connectivity index (χ2v) is 7.53. The Morgan fingerprint density at radius 2 is 2.00 bits per heavy atom. The summed E-state index contributed by atoms with van der Waals surface area (Å²) in [7, 11) is -4.09. The highest BCUT2D eigenvalue weighted by Crippen LogP contribution is 2.26. The van der Waals surface area contributed by atoms with E-state index >= 15 is 0 Å². The molecule has 0 spiro atoms. The zero-order valence-corrected chi connectivity index (χ0v) is 15.4. The molecule has 0 aliphatic rings. The normalized spacial score (nSPS) is 11.4. The molecule has 1 aromatic carbocycles. The topological polar surface area (TPSA) is 91.2 Å². The molecule has 0 saturated carbocycles. The van der Waals surface area contributed by atoms with Gasteiger partial charge < -0.3 is 4.74 Å². The summed E-state index contributed by atoms with van der Waals surface area (Å²) in [4.78, 5) is 15.6. The maximum Gasteiger partial charge on any atom is 0.358 e. The zero-order chi connectivity index (χ0) is 19.6. The van der Waals surface area contributed by atoms with Crippen LogP contribution in [0.4, 0.5) is 4.39 Å². The number of carbonyl (C=O) groups excluding carboxylic acids is 1. The van der Waals surface area contributed by atoms with E-state index in [0.717, 1.165) is 16.3 Å². The highest BCUT2D eigenvalue weighted by atomic mass is 32.2. The number of benzene rings is 1. The van der Waals surface area contributed by atoms with Crippen LogP contribution in [0.5, 0.6) is 0 Å². The summed E-state index contributed by atoms with van der Waals surface area (Å²) in [5.41, 5.74) is 0.297. The predicted octanol–water partition coefficient (Wildman–Crippen LogP) is 2.72. The van der Waals surface area contributed by atoms with E-state index in [0.29, 0.717) is 0 Å². The van der Waals surface area contributed by atoms with Gasteiger partial charge in [-0.15, -0.1) is 0 Å². The first-order valence-corrected chi connectivity index (χ1v) is 9.52. The van der Waals surface area contributed by atoms with Crippen molar-refractivity contribution in [1.82, 2.24) is 14.8 Å². The third-order valence-electron chi connectivity index (χ3n) is 3.70. The van der Waals surface area contributed by atoms with Crippen molar-refractivity contribution in [3.63, 3.8) is 0 Å². The molecule has 140 valence electrons. The van der Waals surface area contributed by atoms with Crippen molar-refractivity contribution in [3.8, 4) is 5.69 Å². The van der Waals surface area contributed by atoms with Gasteiger partial charge in [0.2, 0.25) is 15.8 Å². The minimum absolute atomic E-state index is 0.00311. The van der Waals surface area contributed by atoms with E-state index in [4.69, 9.17) is 4.74 Å². The number of carbonyl (C=O) groups is 1. The SMILES string of the molecule is CCOC(=O)c1cc(S(=O)(=O)c2cccc(C)c2)n(-c2cccnc2F)n1. The molecule has 0 atom stereocenters. The summed E-state index contributed by atoms with van der Waals surface area (Å²) in [5, 5.41) is 3.60. The molecule has 2 aromatic heterocycles. The minimum atomic E-state index is -4.09. The Bertz CT molecular complexity index is 1110. The van der Waals surface area contributed by atoms with Gasteiger partial charge in [0.15, 0.2) is 10.7 Å². The molecule has 0 unspecified atom stereocenters.